The Labute approximate surface area is 115 Å². The van der Waals surface area contributed by atoms with Crippen molar-refractivity contribution in [2.24, 2.45) is 0 Å². The third kappa shape index (κ3) is 2.56. The molecule has 1 aromatic heterocycles. The molecule has 0 amide bonds. The first-order chi connectivity index (χ1) is 9.06. The van der Waals surface area contributed by atoms with E-state index in [0.717, 1.165) is 11.6 Å². The van der Waals surface area contributed by atoms with E-state index in [1.165, 1.54) is 11.8 Å². The number of benzene rings is 1. The lowest BCUT2D eigenvalue weighted by Gasteiger charge is -2.12. The van der Waals surface area contributed by atoms with E-state index in [2.05, 4.69) is 5.10 Å². The maximum atomic E-state index is 11.9. The Kier molecular flexibility index (Phi) is 3.76. The molecule has 0 unspecified atom stereocenters. The number of aromatic hydroxyl groups is 1. The highest BCUT2D eigenvalue weighted by Gasteiger charge is 2.12. The predicted octanol–water partition coefficient (Wildman–Crippen LogP) is 1.99. The molecule has 0 radical (unpaired) electrons. The van der Waals surface area contributed by atoms with Crippen LogP contribution in [0.25, 0.3) is 5.69 Å². The van der Waals surface area contributed by atoms with Gasteiger partial charge < -0.3 is 9.84 Å². The third-order valence-corrected chi connectivity index (χ3v) is 2.93. The van der Waals surface area contributed by atoms with Crippen LogP contribution in [0, 0.1) is 6.92 Å². The van der Waals surface area contributed by atoms with Gasteiger partial charge in [-0.1, -0.05) is 6.07 Å². The summed E-state index contributed by atoms with van der Waals surface area (Å²) >= 11 is 5.68. The largest absolute Gasteiger partial charge is 0.506 e. The lowest BCUT2D eigenvalue weighted by molar-refractivity contribution is 0.410. The van der Waals surface area contributed by atoms with Gasteiger partial charge in [-0.05, 0) is 24.6 Å². The van der Waals surface area contributed by atoms with Gasteiger partial charge in [-0.2, -0.15) is 9.78 Å². The summed E-state index contributed by atoms with van der Waals surface area (Å²) in [4.78, 5) is 11.9. The fourth-order valence-electron chi connectivity index (χ4n) is 1.72. The number of ether oxygens (including phenoxy) is 1. The molecule has 2 aromatic rings. The van der Waals surface area contributed by atoms with Gasteiger partial charge in [-0.15, -0.1) is 11.6 Å². The summed E-state index contributed by atoms with van der Waals surface area (Å²) < 4.78 is 6.39. The van der Waals surface area contributed by atoms with Crippen LogP contribution in [0.3, 0.4) is 0 Å². The molecule has 1 N–H and O–H groups in total. The Bertz CT molecular complexity index is 667. The van der Waals surface area contributed by atoms with Crippen molar-refractivity contribution in [3.05, 3.63) is 45.9 Å². The van der Waals surface area contributed by atoms with Crippen molar-refractivity contribution in [2.45, 2.75) is 12.8 Å². The van der Waals surface area contributed by atoms with Crippen LogP contribution in [0.1, 0.15) is 11.3 Å². The van der Waals surface area contributed by atoms with Crippen molar-refractivity contribution in [3.8, 4) is 17.2 Å². The lowest BCUT2D eigenvalue weighted by Crippen LogP contribution is -2.22. The Hall–Kier alpha value is -2.01. The van der Waals surface area contributed by atoms with Crippen molar-refractivity contribution in [1.82, 2.24) is 9.78 Å². The molecule has 0 aliphatic carbocycles. The van der Waals surface area contributed by atoms with Crippen LogP contribution in [-0.4, -0.2) is 22.0 Å². The van der Waals surface area contributed by atoms with Crippen molar-refractivity contribution in [1.29, 1.82) is 0 Å². The normalized spacial score (nSPS) is 10.5. The molecular weight excluding hydrogens is 268 g/mol. The summed E-state index contributed by atoms with van der Waals surface area (Å²) in [5, 5.41) is 13.6. The zero-order valence-corrected chi connectivity index (χ0v) is 11.3. The monoisotopic (exact) mass is 280 g/mol. The second-order valence-electron chi connectivity index (χ2n) is 4.04. The highest BCUT2D eigenvalue weighted by molar-refractivity contribution is 6.17. The summed E-state index contributed by atoms with van der Waals surface area (Å²) in [7, 11) is 1.52. The molecule has 2 rings (SSSR count). The zero-order valence-electron chi connectivity index (χ0n) is 10.6. The number of aryl methyl sites for hydroxylation is 1. The maximum Gasteiger partial charge on any atom is 0.275 e. The SMILES string of the molecule is COc1ccc(C)cc1-n1nc(CCl)c(O)cc1=O. The standard InChI is InChI=1S/C13H13ClN2O3/c1-8-3-4-12(19-2)10(5-8)16-13(18)6-11(17)9(7-14)15-16/h3-6,17H,7H2,1-2H3. The Morgan fingerprint density at radius 1 is 1.42 bits per heavy atom. The number of nitrogens with zero attached hydrogens (tertiary/aromatic N) is 2. The Morgan fingerprint density at radius 2 is 2.16 bits per heavy atom. The number of alkyl halides is 1. The number of hydrogen-bond donors (Lipinski definition) is 1. The van der Waals surface area contributed by atoms with E-state index in [4.69, 9.17) is 16.3 Å². The average Bonchev–Trinajstić information content (AvgIpc) is 2.39. The van der Waals surface area contributed by atoms with E-state index in [1.807, 2.05) is 13.0 Å². The minimum absolute atomic E-state index is 0.0141. The summed E-state index contributed by atoms with van der Waals surface area (Å²) in [5.41, 5.74) is 1.27. The molecule has 0 bridgehead atoms. The highest BCUT2D eigenvalue weighted by atomic mass is 35.5. The molecule has 5 nitrogen and oxygen atoms in total. The van der Waals surface area contributed by atoms with Gasteiger partial charge in [0.05, 0.1) is 13.0 Å². The zero-order chi connectivity index (χ0) is 14.0. The quantitative estimate of drug-likeness (QED) is 0.874. The van der Waals surface area contributed by atoms with Gasteiger partial charge in [-0.25, -0.2) is 0 Å². The molecule has 0 atom stereocenters. The van der Waals surface area contributed by atoms with E-state index in [1.54, 1.807) is 12.1 Å². The van der Waals surface area contributed by atoms with Gasteiger partial charge >= 0.3 is 0 Å². The molecule has 0 saturated heterocycles. The van der Waals surface area contributed by atoms with Gasteiger partial charge in [-0.3, -0.25) is 4.79 Å². The number of rotatable bonds is 3. The van der Waals surface area contributed by atoms with Gasteiger partial charge in [0.15, 0.2) is 0 Å². The molecule has 0 fully saturated rings. The maximum absolute atomic E-state index is 11.9. The first-order valence-corrected chi connectivity index (χ1v) is 6.13. The average molecular weight is 281 g/mol. The van der Waals surface area contributed by atoms with Crippen molar-refractivity contribution >= 4 is 11.6 Å². The van der Waals surface area contributed by atoms with Crippen molar-refractivity contribution in [3.63, 3.8) is 0 Å². The molecule has 0 saturated carbocycles. The first-order valence-electron chi connectivity index (χ1n) is 5.60. The fraction of sp³-hybridized carbons (Fsp3) is 0.231. The Balaban J connectivity index is 2.71. The lowest BCUT2D eigenvalue weighted by atomic mass is 10.2. The second kappa shape index (κ2) is 5.32. The van der Waals surface area contributed by atoms with Gasteiger partial charge in [0.2, 0.25) is 0 Å². The number of aromatic nitrogens is 2. The second-order valence-corrected chi connectivity index (χ2v) is 4.30. The van der Waals surface area contributed by atoms with Crippen LogP contribution < -0.4 is 10.3 Å². The molecule has 0 spiro atoms. The van der Waals surface area contributed by atoms with E-state index >= 15 is 0 Å². The minimum atomic E-state index is -0.449. The molecule has 1 aromatic carbocycles. The summed E-state index contributed by atoms with van der Waals surface area (Å²) in [6.45, 7) is 1.90. The van der Waals surface area contributed by atoms with Gasteiger partial charge in [0, 0.05) is 6.07 Å². The summed E-state index contributed by atoms with van der Waals surface area (Å²) in [5.74, 6) is 0.328. The molecule has 19 heavy (non-hydrogen) atoms. The van der Waals surface area contributed by atoms with Crippen LogP contribution in [-0.2, 0) is 5.88 Å². The third-order valence-electron chi connectivity index (χ3n) is 2.67. The molecule has 6 heteroatoms. The van der Waals surface area contributed by atoms with Gasteiger partial charge in [0.25, 0.3) is 5.56 Å². The van der Waals surface area contributed by atoms with E-state index < -0.39 is 5.56 Å². The van der Waals surface area contributed by atoms with Crippen LogP contribution in [0.15, 0.2) is 29.1 Å². The molecule has 0 aliphatic heterocycles. The smallest absolute Gasteiger partial charge is 0.275 e. The van der Waals surface area contributed by atoms with Crippen LogP contribution >= 0.6 is 11.6 Å². The van der Waals surface area contributed by atoms with Crippen LogP contribution in [0.4, 0.5) is 0 Å². The van der Waals surface area contributed by atoms with E-state index in [-0.39, 0.29) is 17.3 Å². The van der Waals surface area contributed by atoms with Crippen LogP contribution in [0.5, 0.6) is 11.5 Å². The highest BCUT2D eigenvalue weighted by Crippen LogP contribution is 2.23. The number of halogens is 1. The number of hydrogen-bond acceptors (Lipinski definition) is 4. The minimum Gasteiger partial charge on any atom is -0.506 e. The van der Waals surface area contributed by atoms with E-state index in [0.29, 0.717) is 11.4 Å². The summed E-state index contributed by atoms with van der Waals surface area (Å²) in [6.07, 6.45) is 0. The predicted molar refractivity (Wildman–Crippen MR) is 72.3 cm³/mol. The van der Waals surface area contributed by atoms with Crippen molar-refractivity contribution < 1.29 is 9.84 Å². The van der Waals surface area contributed by atoms with Crippen LogP contribution in [0.2, 0.25) is 0 Å². The Morgan fingerprint density at radius 3 is 2.79 bits per heavy atom. The molecule has 0 aliphatic rings. The fourth-order valence-corrected chi connectivity index (χ4v) is 1.91. The van der Waals surface area contributed by atoms with Gasteiger partial charge in [0.1, 0.15) is 22.9 Å². The topological polar surface area (TPSA) is 64.3 Å². The number of methoxy groups -OCH3 is 1. The molecule has 1 heterocycles. The molecule has 100 valence electrons. The van der Waals surface area contributed by atoms with Crippen molar-refractivity contribution in [2.75, 3.05) is 7.11 Å². The first kappa shape index (κ1) is 13.4. The summed E-state index contributed by atoms with van der Waals surface area (Å²) in [6, 6.07) is 6.50. The molecular formula is C13H13ClN2O3. The van der Waals surface area contributed by atoms with E-state index in [9.17, 15) is 9.90 Å².